The van der Waals surface area contributed by atoms with E-state index in [9.17, 15) is 0 Å². The Morgan fingerprint density at radius 3 is 1.73 bits per heavy atom. The van der Waals surface area contributed by atoms with E-state index in [0.29, 0.717) is 0 Å². The van der Waals surface area contributed by atoms with Crippen LogP contribution in [-0.2, 0) is 19.5 Å². The van der Waals surface area contributed by atoms with Crippen LogP contribution in [0, 0.1) is 0 Å². The van der Waals surface area contributed by atoms with Crippen molar-refractivity contribution in [1.82, 2.24) is 15.0 Å². The minimum absolute atomic E-state index is 0. The number of hydrogen-bond acceptors (Lipinski definition) is 3. The zero-order chi connectivity index (χ0) is 12.2. The fraction of sp³-hybridized carbons (Fsp3) is 0. The van der Waals surface area contributed by atoms with Gasteiger partial charge in [0.25, 0.3) is 0 Å². The monoisotopic (exact) mass is 440 g/mol. The van der Waals surface area contributed by atoms with Gasteiger partial charge in [-0.1, -0.05) is 12.1 Å². The van der Waals surface area contributed by atoms with Gasteiger partial charge in [-0.25, -0.2) is 0 Å². The second kappa shape index (κ2) is 11.5. The predicted molar refractivity (Wildman–Crippen MR) is 70.7 cm³/mol. The van der Waals surface area contributed by atoms with Gasteiger partial charge in [-0.2, -0.15) is 0 Å². The fourth-order valence-corrected chi connectivity index (χ4v) is 1.89. The molecule has 0 fully saturated rings. The predicted octanol–water partition coefficient (Wildman–Crippen LogP) is -5.78. The molecule has 1 radical (unpaired) electrons. The molecule has 3 nitrogen and oxygen atoms in total. The molecule has 115 valence electrons. The van der Waals surface area contributed by atoms with Gasteiger partial charge in [-0.05, 0) is 24.3 Å². The largest absolute Gasteiger partial charge is 3.00 e. The van der Waals surface area contributed by atoms with E-state index in [0.717, 1.165) is 22.4 Å². The summed E-state index contributed by atoms with van der Waals surface area (Å²) < 4.78 is 0. The van der Waals surface area contributed by atoms with Crippen LogP contribution < -0.4 is 37.2 Å². The Labute approximate surface area is 161 Å². The molecule has 0 spiro atoms. The molecule has 0 aliphatic heterocycles. The molecule has 3 aromatic rings. The van der Waals surface area contributed by atoms with Crippen molar-refractivity contribution in [3.8, 4) is 22.4 Å². The third-order valence-electron chi connectivity index (χ3n) is 2.72. The maximum absolute atomic E-state index is 4.46. The Bertz CT molecular complexity index is 596. The molecule has 3 rings (SSSR count). The summed E-state index contributed by atoms with van der Waals surface area (Å²) in [5, 5.41) is 0. The van der Waals surface area contributed by atoms with E-state index in [2.05, 4.69) is 15.0 Å². The molecule has 0 aliphatic rings. The molecule has 0 bridgehead atoms. The molecule has 0 aliphatic carbocycles. The standard InChI is InChI=1S/C15H11N3.3ClH.Ru/c1-4-12(10-16-7-1)14-6-3-9-18-15(14)13-5-2-8-17-11-13;;;;/h1-11H;3*1H;/q;;;;+3/p-3. The van der Waals surface area contributed by atoms with Gasteiger partial charge in [-0.15, -0.1) is 0 Å². The second-order valence-corrected chi connectivity index (χ2v) is 3.88. The van der Waals surface area contributed by atoms with Crippen LogP contribution in [0.15, 0.2) is 67.4 Å². The summed E-state index contributed by atoms with van der Waals surface area (Å²) in [7, 11) is 0. The Hall–Kier alpha value is -1.06. The van der Waals surface area contributed by atoms with E-state index >= 15 is 0 Å². The first kappa shape index (κ1) is 23.2. The SMILES string of the molecule is [Cl-].[Cl-].[Cl-].[Ru+3].c1cncc(-c2cccnc2-c2cccnc2)c1. The summed E-state index contributed by atoms with van der Waals surface area (Å²) in [5.41, 5.74) is 4.07. The van der Waals surface area contributed by atoms with Crippen LogP contribution in [0.4, 0.5) is 0 Å². The topological polar surface area (TPSA) is 38.7 Å². The maximum atomic E-state index is 4.46. The van der Waals surface area contributed by atoms with E-state index in [1.165, 1.54) is 0 Å². The summed E-state index contributed by atoms with van der Waals surface area (Å²) in [6, 6.07) is 11.9. The van der Waals surface area contributed by atoms with E-state index in [4.69, 9.17) is 0 Å². The number of hydrogen-bond donors (Lipinski definition) is 0. The van der Waals surface area contributed by atoms with Crippen molar-refractivity contribution in [3.63, 3.8) is 0 Å². The third-order valence-corrected chi connectivity index (χ3v) is 2.72. The van der Waals surface area contributed by atoms with E-state index in [-0.39, 0.29) is 56.7 Å². The average Bonchev–Trinajstić information content (AvgIpc) is 2.49. The van der Waals surface area contributed by atoms with Crippen LogP contribution in [0.2, 0.25) is 0 Å². The Kier molecular flexibility index (Phi) is 12.1. The first-order chi connectivity index (χ1) is 8.95. The van der Waals surface area contributed by atoms with Crippen LogP contribution >= 0.6 is 0 Å². The number of nitrogens with zero attached hydrogens (tertiary/aromatic N) is 3. The van der Waals surface area contributed by atoms with Gasteiger partial charge in [0, 0.05) is 47.7 Å². The van der Waals surface area contributed by atoms with Crippen LogP contribution in [0.5, 0.6) is 0 Å². The Morgan fingerprint density at radius 2 is 1.18 bits per heavy atom. The van der Waals surface area contributed by atoms with Crippen LogP contribution in [0.3, 0.4) is 0 Å². The van der Waals surface area contributed by atoms with Gasteiger partial charge in [-0.3, -0.25) is 15.0 Å². The Balaban J connectivity index is 0. The molecule has 7 heteroatoms. The number of aromatic nitrogens is 3. The first-order valence-electron chi connectivity index (χ1n) is 5.71. The number of rotatable bonds is 2. The summed E-state index contributed by atoms with van der Waals surface area (Å²) in [4.78, 5) is 12.8. The van der Waals surface area contributed by atoms with Crippen molar-refractivity contribution in [3.05, 3.63) is 67.4 Å². The van der Waals surface area contributed by atoms with Crippen molar-refractivity contribution in [1.29, 1.82) is 0 Å². The molecular formula is C15H11Cl3N3Ru. The smallest absolute Gasteiger partial charge is 1.00 e. The minimum Gasteiger partial charge on any atom is -1.00 e. The van der Waals surface area contributed by atoms with Crippen molar-refractivity contribution in [2.45, 2.75) is 0 Å². The molecule has 0 unspecified atom stereocenters. The summed E-state index contributed by atoms with van der Waals surface area (Å²) in [5.74, 6) is 0. The molecule has 0 aromatic carbocycles. The van der Waals surface area contributed by atoms with E-state index in [1.54, 1.807) is 18.6 Å². The van der Waals surface area contributed by atoms with E-state index in [1.807, 2.05) is 48.8 Å². The number of pyridine rings is 3. The fourth-order valence-electron chi connectivity index (χ4n) is 1.89. The van der Waals surface area contributed by atoms with Crippen molar-refractivity contribution in [2.24, 2.45) is 0 Å². The molecule has 3 aromatic heterocycles. The quantitative estimate of drug-likeness (QED) is 0.373. The van der Waals surface area contributed by atoms with Crippen molar-refractivity contribution >= 4 is 0 Å². The first-order valence-corrected chi connectivity index (χ1v) is 5.71. The summed E-state index contributed by atoms with van der Waals surface area (Å²) in [6.45, 7) is 0. The second-order valence-electron chi connectivity index (χ2n) is 3.88. The molecule has 0 amide bonds. The van der Waals surface area contributed by atoms with E-state index < -0.39 is 0 Å². The molecule has 0 N–H and O–H groups in total. The summed E-state index contributed by atoms with van der Waals surface area (Å²) in [6.07, 6.45) is 8.99. The van der Waals surface area contributed by atoms with Gasteiger partial charge in [0.05, 0.1) is 5.69 Å². The molecular weight excluding hydrogens is 430 g/mol. The number of halogens is 3. The molecule has 22 heavy (non-hydrogen) atoms. The summed E-state index contributed by atoms with van der Waals surface area (Å²) >= 11 is 0. The average molecular weight is 441 g/mol. The van der Waals surface area contributed by atoms with Crippen molar-refractivity contribution < 1.29 is 56.7 Å². The third kappa shape index (κ3) is 5.29. The molecule has 3 heterocycles. The normalized spacial score (nSPS) is 8.36. The van der Waals surface area contributed by atoms with Gasteiger partial charge >= 0.3 is 19.5 Å². The molecule has 0 saturated heterocycles. The van der Waals surface area contributed by atoms with Crippen molar-refractivity contribution in [2.75, 3.05) is 0 Å². The van der Waals surface area contributed by atoms with Crippen LogP contribution in [-0.4, -0.2) is 15.0 Å². The zero-order valence-corrected chi connectivity index (χ0v) is 15.2. The Morgan fingerprint density at radius 1 is 0.636 bits per heavy atom. The van der Waals surface area contributed by atoms with Gasteiger partial charge in [0.1, 0.15) is 0 Å². The molecule has 0 atom stereocenters. The van der Waals surface area contributed by atoms with Gasteiger partial charge in [0.15, 0.2) is 0 Å². The maximum Gasteiger partial charge on any atom is 3.00 e. The minimum atomic E-state index is 0. The van der Waals surface area contributed by atoms with Gasteiger partial charge in [0.2, 0.25) is 0 Å². The van der Waals surface area contributed by atoms with Gasteiger partial charge < -0.3 is 37.2 Å². The van der Waals surface area contributed by atoms with Crippen LogP contribution in [0.1, 0.15) is 0 Å². The molecule has 0 saturated carbocycles. The van der Waals surface area contributed by atoms with Crippen LogP contribution in [0.25, 0.3) is 22.4 Å². The zero-order valence-electron chi connectivity index (χ0n) is 11.2.